The van der Waals surface area contributed by atoms with Crippen molar-refractivity contribution < 1.29 is 4.74 Å². The van der Waals surface area contributed by atoms with Crippen molar-refractivity contribution >= 4 is 10.8 Å². The van der Waals surface area contributed by atoms with Gasteiger partial charge < -0.3 is 10.1 Å². The van der Waals surface area contributed by atoms with Crippen LogP contribution in [0.1, 0.15) is 24.9 Å². The van der Waals surface area contributed by atoms with Crippen LogP contribution in [0.4, 0.5) is 0 Å². The van der Waals surface area contributed by atoms with Crippen molar-refractivity contribution in [3.63, 3.8) is 0 Å². The van der Waals surface area contributed by atoms with Gasteiger partial charge in [0, 0.05) is 30.9 Å². The van der Waals surface area contributed by atoms with E-state index in [2.05, 4.69) is 35.4 Å². The van der Waals surface area contributed by atoms with Crippen LogP contribution in [0, 0.1) is 0 Å². The molecule has 0 radical (unpaired) electrons. The first-order valence-corrected chi connectivity index (χ1v) is 6.29. The molecule has 1 aromatic heterocycles. The van der Waals surface area contributed by atoms with Crippen LogP contribution < -0.4 is 5.32 Å². The SMILES string of the molecule is CNC(CC(C)OC)c1cncc2ccccc12. The molecule has 2 atom stereocenters. The third-order valence-electron chi connectivity index (χ3n) is 3.39. The summed E-state index contributed by atoms with van der Waals surface area (Å²) in [4.78, 5) is 4.33. The number of rotatable bonds is 5. The maximum Gasteiger partial charge on any atom is 0.0561 e. The number of aromatic nitrogens is 1. The van der Waals surface area contributed by atoms with Crippen molar-refractivity contribution in [2.45, 2.75) is 25.5 Å². The first-order chi connectivity index (χ1) is 8.76. The second-order valence-electron chi connectivity index (χ2n) is 4.57. The lowest BCUT2D eigenvalue weighted by Crippen LogP contribution is -2.22. The molecule has 1 aromatic carbocycles. The Balaban J connectivity index is 2.38. The molecule has 18 heavy (non-hydrogen) atoms. The predicted octanol–water partition coefficient (Wildman–Crippen LogP) is 2.92. The molecule has 1 N–H and O–H groups in total. The van der Waals surface area contributed by atoms with Crippen molar-refractivity contribution in [3.05, 3.63) is 42.2 Å². The zero-order valence-corrected chi connectivity index (χ0v) is 11.2. The first-order valence-electron chi connectivity index (χ1n) is 6.29. The van der Waals surface area contributed by atoms with Gasteiger partial charge in [-0.3, -0.25) is 4.98 Å². The summed E-state index contributed by atoms with van der Waals surface area (Å²) < 4.78 is 5.36. The quantitative estimate of drug-likeness (QED) is 0.878. The van der Waals surface area contributed by atoms with Crippen LogP contribution in [0.5, 0.6) is 0 Å². The van der Waals surface area contributed by atoms with E-state index in [0.29, 0.717) is 0 Å². The number of hydrogen-bond donors (Lipinski definition) is 1. The third-order valence-corrected chi connectivity index (χ3v) is 3.39. The highest BCUT2D eigenvalue weighted by Crippen LogP contribution is 2.26. The summed E-state index contributed by atoms with van der Waals surface area (Å²) in [5.41, 5.74) is 1.24. The molecular formula is C15H20N2O. The van der Waals surface area contributed by atoms with Gasteiger partial charge in [-0.05, 0) is 31.3 Å². The highest BCUT2D eigenvalue weighted by Gasteiger charge is 2.15. The molecule has 0 saturated heterocycles. The minimum Gasteiger partial charge on any atom is -0.382 e. The Hall–Kier alpha value is -1.45. The monoisotopic (exact) mass is 244 g/mol. The summed E-state index contributed by atoms with van der Waals surface area (Å²) in [6, 6.07) is 8.61. The van der Waals surface area contributed by atoms with Crippen molar-refractivity contribution in [1.29, 1.82) is 0 Å². The maximum absolute atomic E-state index is 5.36. The zero-order chi connectivity index (χ0) is 13.0. The van der Waals surface area contributed by atoms with Crippen molar-refractivity contribution in [2.75, 3.05) is 14.2 Å². The molecule has 2 unspecified atom stereocenters. The minimum atomic E-state index is 0.224. The fourth-order valence-corrected chi connectivity index (χ4v) is 2.25. The molecule has 0 amide bonds. The minimum absolute atomic E-state index is 0.224. The van der Waals surface area contributed by atoms with Crippen LogP contribution in [0.3, 0.4) is 0 Å². The van der Waals surface area contributed by atoms with Crippen molar-refractivity contribution in [3.8, 4) is 0 Å². The number of nitrogens with one attached hydrogen (secondary N) is 1. The van der Waals surface area contributed by atoms with Gasteiger partial charge in [-0.15, -0.1) is 0 Å². The number of ether oxygens (including phenoxy) is 1. The van der Waals surface area contributed by atoms with E-state index in [1.807, 2.05) is 25.5 Å². The average Bonchev–Trinajstić information content (AvgIpc) is 2.44. The van der Waals surface area contributed by atoms with E-state index >= 15 is 0 Å². The molecule has 0 bridgehead atoms. The lowest BCUT2D eigenvalue weighted by molar-refractivity contribution is 0.101. The summed E-state index contributed by atoms with van der Waals surface area (Å²) in [5.74, 6) is 0. The third kappa shape index (κ3) is 2.68. The largest absolute Gasteiger partial charge is 0.382 e. The molecule has 0 spiro atoms. The molecule has 0 aliphatic rings. The van der Waals surface area contributed by atoms with Crippen molar-refractivity contribution in [1.82, 2.24) is 10.3 Å². The molecule has 0 aliphatic carbocycles. The normalized spacial score (nSPS) is 14.6. The summed E-state index contributed by atoms with van der Waals surface area (Å²) in [5, 5.41) is 5.80. The van der Waals surface area contributed by atoms with Gasteiger partial charge in [0.05, 0.1) is 6.10 Å². The second kappa shape index (κ2) is 5.94. The Morgan fingerprint density at radius 3 is 2.78 bits per heavy atom. The van der Waals surface area contributed by atoms with Gasteiger partial charge in [-0.25, -0.2) is 0 Å². The highest BCUT2D eigenvalue weighted by atomic mass is 16.5. The lowest BCUT2D eigenvalue weighted by atomic mass is 9.97. The number of fused-ring (bicyclic) bond motifs is 1. The number of pyridine rings is 1. The summed E-state index contributed by atoms with van der Waals surface area (Å²) in [6.45, 7) is 2.09. The first kappa shape index (κ1) is 13.0. The molecule has 0 saturated carbocycles. The highest BCUT2D eigenvalue weighted by molar-refractivity contribution is 5.85. The average molecular weight is 244 g/mol. The zero-order valence-electron chi connectivity index (χ0n) is 11.2. The smallest absolute Gasteiger partial charge is 0.0561 e. The van der Waals surface area contributed by atoms with Gasteiger partial charge in [0.25, 0.3) is 0 Å². The van der Waals surface area contributed by atoms with E-state index in [0.717, 1.165) is 6.42 Å². The van der Waals surface area contributed by atoms with Gasteiger partial charge in [-0.2, -0.15) is 0 Å². The van der Waals surface area contributed by atoms with Gasteiger partial charge >= 0.3 is 0 Å². The lowest BCUT2D eigenvalue weighted by Gasteiger charge is -2.21. The van der Waals surface area contributed by atoms with Crippen LogP contribution in [0.2, 0.25) is 0 Å². The Morgan fingerprint density at radius 2 is 2.06 bits per heavy atom. The number of hydrogen-bond acceptors (Lipinski definition) is 3. The number of benzene rings is 1. The van der Waals surface area contributed by atoms with Gasteiger partial charge in [-0.1, -0.05) is 24.3 Å². The Morgan fingerprint density at radius 1 is 1.28 bits per heavy atom. The Bertz CT molecular complexity index is 507. The van der Waals surface area contributed by atoms with E-state index < -0.39 is 0 Å². The second-order valence-corrected chi connectivity index (χ2v) is 4.57. The van der Waals surface area contributed by atoms with Crippen LogP contribution >= 0.6 is 0 Å². The molecule has 2 aromatic rings. The van der Waals surface area contributed by atoms with Crippen LogP contribution in [-0.4, -0.2) is 25.2 Å². The summed E-state index contributed by atoms with van der Waals surface area (Å²) in [6.07, 6.45) is 5.02. The summed E-state index contributed by atoms with van der Waals surface area (Å²) in [7, 11) is 3.73. The standard InChI is InChI=1S/C15H20N2O/c1-11(18-3)8-15(16-2)14-10-17-9-12-6-4-5-7-13(12)14/h4-7,9-11,15-16H,8H2,1-3H3. The fourth-order valence-electron chi connectivity index (χ4n) is 2.25. The van der Waals surface area contributed by atoms with Gasteiger partial charge in [0.15, 0.2) is 0 Å². The fraction of sp³-hybridized carbons (Fsp3) is 0.400. The van der Waals surface area contributed by atoms with E-state index in [4.69, 9.17) is 4.74 Å². The van der Waals surface area contributed by atoms with Crippen LogP contribution in [0.15, 0.2) is 36.7 Å². The van der Waals surface area contributed by atoms with Crippen LogP contribution in [0.25, 0.3) is 10.8 Å². The molecule has 3 heteroatoms. The van der Waals surface area contributed by atoms with Crippen LogP contribution in [-0.2, 0) is 4.74 Å². The van der Waals surface area contributed by atoms with E-state index in [1.54, 1.807) is 7.11 Å². The van der Waals surface area contributed by atoms with E-state index in [1.165, 1.54) is 16.3 Å². The molecule has 0 fully saturated rings. The number of nitrogens with zero attached hydrogens (tertiary/aromatic N) is 1. The Kier molecular flexibility index (Phi) is 4.28. The molecule has 3 nitrogen and oxygen atoms in total. The van der Waals surface area contributed by atoms with Gasteiger partial charge in [0.2, 0.25) is 0 Å². The maximum atomic E-state index is 5.36. The molecule has 0 aliphatic heterocycles. The molecule has 2 rings (SSSR count). The van der Waals surface area contributed by atoms with Crippen molar-refractivity contribution in [2.24, 2.45) is 0 Å². The summed E-state index contributed by atoms with van der Waals surface area (Å²) >= 11 is 0. The molecule has 96 valence electrons. The topological polar surface area (TPSA) is 34.1 Å². The van der Waals surface area contributed by atoms with E-state index in [9.17, 15) is 0 Å². The van der Waals surface area contributed by atoms with E-state index in [-0.39, 0.29) is 12.1 Å². The predicted molar refractivity (Wildman–Crippen MR) is 74.6 cm³/mol. The molecular weight excluding hydrogens is 224 g/mol. The van der Waals surface area contributed by atoms with Gasteiger partial charge in [0.1, 0.15) is 0 Å². The number of methoxy groups -OCH3 is 1. The Labute approximate surface area is 108 Å². The molecule has 1 heterocycles.